The Bertz CT molecular complexity index is 1230. The first-order chi connectivity index (χ1) is 13.8. The molecule has 148 valence electrons. The van der Waals surface area contributed by atoms with Gasteiger partial charge >= 0.3 is 5.69 Å². The number of hydrogen-bond acceptors (Lipinski definition) is 9. The highest BCUT2D eigenvalue weighted by Gasteiger charge is 2.19. The van der Waals surface area contributed by atoms with Crippen molar-refractivity contribution in [3.05, 3.63) is 63.3 Å². The zero-order valence-corrected chi connectivity index (χ0v) is 15.0. The molecule has 12 nitrogen and oxygen atoms in total. The molecule has 0 amide bonds. The van der Waals surface area contributed by atoms with E-state index in [9.17, 15) is 20.4 Å². The number of nitro groups is 1. The monoisotopic (exact) mass is 397 g/mol. The minimum Gasteiger partial charge on any atom is -0.500 e. The number of phenols is 1. The van der Waals surface area contributed by atoms with E-state index in [1.807, 2.05) is 0 Å². The Hall–Kier alpha value is -4.48. The van der Waals surface area contributed by atoms with Crippen molar-refractivity contribution in [1.29, 1.82) is 5.41 Å². The molecule has 3 rings (SSSR count). The topological polar surface area (TPSA) is 185 Å². The Morgan fingerprint density at radius 3 is 2.83 bits per heavy atom. The molecule has 0 aliphatic carbocycles. The zero-order chi connectivity index (χ0) is 21.1. The lowest BCUT2D eigenvalue weighted by molar-refractivity contribution is -0.386. The van der Waals surface area contributed by atoms with Gasteiger partial charge in [-0.25, -0.2) is 4.98 Å². The number of ether oxygens (including phenoxy) is 1. The highest BCUT2D eigenvalue weighted by atomic mass is 16.6. The van der Waals surface area contributed by atoms with Crippen LogP contribution in [0.4, 0.5) is 5.69 Å². The van der Waals surface area contributed by atoms with E-state index in [0.29, 0.717) is 15.8 Å². The average molecular weight is 397 g/mol. The van der Waals surface area contributed by atoms with Gasteiger partial charge in [0, 0.05) is 11.6 Å². The number of nitro benzene ring substituents is 1. The van der Waals surface area contributed by atoms with Crippen molar-refractivity contribution < 1.29 is 20.0 Å². The van der Waals surface area contributed by atoms with Crippen LogP contribution in [0.25, 0.3) is 11.0 Å². The number of aromatic hydroxyl groups is 1. The molecular weight excluding hydrogens is 382 g/mol. The van der Waals surface area contributed by atoms with Gasteiger partial charge in [-0.1, -0.05) is 12.1 Å². The summed E-state index contributed by atoms with van der Waals surface area (Å²) in [6.45, 7) is 0. The number of nitrogens with two attached hydrogens (primary N) is 1. The van der Waals surface area contributed by atoms with Crippen LogP contribution in [-0.2, 0) is 0 Å². The molecule has 0 bridgehead atoms. The van der Waals surface area contributed by atoms with E-state index >= 15 is 0 Å². The fourth-order valence-electron chi connectivity index (χ4n) is 2.50. The number of fused-ring (bicyclic) bond motifs is 1. The molecule has 0 unspecified atom stereocenters. The maximum Gasteiger partial charge on any atom is 0.315 e. The van der Waals surface area contributed by atoms with Gasteiger partial charge in [-0.3, -0.25) is 15.5 Å². The lowest BCUT2D eigenvalue weighted by Crippen LogP contribution is -2.31. The van der Waals surface area contributed by atoms with Crippen LogP contribution in [0, 0.1) is 15.5 Å². The van der Waals surface area contributed by atoms with Crippen molar-refractivity contribution in [1.82, 2.24) is 9.71 Å². The Balaban J connectivity index is 1.98. The molecule has 0 aliphatic heterocycles. The minimum atomic E-state index is -0.766. The van der Waals surface area contributed by atoms with E-state index in [-0.39, 0.29) is 28.3 Å². The largest absolute Gasteiger partial charge is 0.500 e. The number of amidine groups is 1. The van der Waals surface area contributed by atoms with Crippen molar-refractivity contribution in [2.75, 3.05) is 7.11 Å². The SMILES string of the molecule is COc1cc(/C=N\N=C(/N)c2nc3ccccc3n(O)c2=N)cc([N+](=O)[O-])c1O. The van der Waals surface area contributed by atoms with Crippen molar-refractivity contribution in [3.63, 3.8) is 0 Å². The first kappa shape index (κ1) is 19.3. The van der Waals surface area contributed by atoms with Crippen molar-refractivity contribution >= 4 is 28.8 Å². The lowest BCUT2D eigenvalue weighted by atomic mass is 10.2. The summed E-state index contributed by atoms with van der Waals surface area (Å²) in [6, 6.07) is 9.01. The Labute approximate surface area is 162 Å². The molecule has 0 saturated carbocycles. The van der Waals surface area contributed by atoms with Crippen LogP contribution in [-0.4, -0.2) is 44.1 Å². The predicted molar refractivity (Wildman–Crippen MR) is 102 cm³/mol. The average Bonchev–Trinajstić information content (AvgIpc) is 2.71. The number of nitrogens with zero attached hydrogens (tertiary/aromatic N) is 5. The molecule has 0 spiro atoms. The van der Waals surface area contributed by atoms with E-state index in [4.69, 9.17) is 15.9 Å². The van der Waals surface area contributed by atoms with Gasteiger partial charge in [0.1, 0.15) is 5.52 Å². The van der Waals surface area contributed by atoms with E-state index in [0.717, 1.165) is 12.3 Å². The van der Waals surface area contributed by atoms with E-state index in [2.05, 4.69) is 15.2 Å². The fourth-order valence-corrected chi connectivity index (χ4v) is 2.50. The van der Waals surface area contributed by atoms with Gasteiger partial charge in [-0.15, -0.1) is 5.10 Å². The van der Waals surface area contributed by atoms with Gasteiger partial charge in [0.05, 0.1) is 23.8 Å². The van der Waals surface area contributed by atoms with Gasteiger partial charge in [-0.05, 0) is 18.2 Å². The van der Waals surface area contributed by atoms with Gasteiger partial charge in [0.15, 0.2) is 22.8 Å². The molecule has 3 aromatic rings. The summed E-state index contributed by atoms with van der Waals surface area (Å²) in [5, 5.41) is 46.4. The number of hydrogen-bond donors (Lipinski definition) is 4. The van der Waals surface area contributed by atoms with Crippen molar-refractivity contribution in [3.8, 4) is 11.5 Å². The van der Waals surface area contributed by atoms with Crippen LogP contribution < -0.4 is 16.0 Å². The normalized spacial score (nSPS) is 11.8. The zero-order valence-electron chi connectivity index (χ0n) is 15.0. The third kappa shape index (κ3) is 3.66. The Morgan fingerprint density at radius 2 is 2.14 bits per heavy atom. The van der Waals surface area contributed by atoms with Crippen LogP contribution in [0.5, 0.6) is 11.5 Å². The van der Waals surface area contributed by atoms with Crippen LogP contribution in [0.15, 0.2) is 46.6 Å². The van der Waals surface area contributed by atoms with Gasteiger partial charge in [-0.2, -0.15) is 9.83 Å². The fraction of sp³-hybridized carbons (Fsp3) is 0.0588. The Kier molecular flexibility index (Phi) is 5.08. The summed E-state index contributed by atoms with van der Waals surface area (Å²) in [7, 11) is 1.25. The molecule has 0 aliphatic rings. The molecule has 0 atom stereocenters. The number of rotatable bonds is 5. The van der Waals surface area contributed by atoms with Crippen LogP contribution in [0.2, 0.25) is 0 Å². The summed E-state index contributed by atoms with van der Waals surface area (Å²) in [5.41, 5.74) is 5.72. The number of methoxy groups -OCH3 is 1. The smallest absolute Gasteiger partial charge is 0.315 e. The second-order valence-electron chi connectivity index (χ2n) is 5.69. The van der Waals surface area contributed by atoms with Gasteiger partial charge < -0.3 is 20.8 Å². The summed E-state index contributed by atoms with van der Waals surface area (Å²) in [5.74, 6) is -0.965. The van der Waals surface area contributed by atoms with E-state index in [1.54, 1.807) is 24.3 Å². The quantitative estimate of drug-likeness (QED) is 0.163. The maximum atomic E-state index is 11.0. The highest BCUT2D eigenvalue weighted by Crippen LogP contribution is 2.36. The number of para-hydroxylation sites is 2. The molecule has 0 radical (unpaired) electrons. The van der Waals surface area contributed by atoms with E-state index in [1.165, 1.54) is 13.2 Å². The first-order valence-electron chi connectivity index (χ1n) is 8.01. The van der Waals surface area contributed by atoms with E-state index < -0.39 is 16.4 Å². The molecule has 0 saturated heterocycles. The molecular formula is C17H15N7O5. The molecule has 12 heteroatoms. The van der Waals surface area contributed by atoms with Crippen molar-refractivity contribution in [2.45, 2.75) is 0 Å². The predicted octanol–water partition coefficient (Wildman–Crippen LogP) is 1.11. The molecule has 1 heterocycles. The maximum absolute atomic E-state index is 11.0. The number of phenolic OH excluding ortho intramolecular Hbond substituents is 1. The molecule has 0 fully saturated rings. The standard InChI is InChI=1S/C17H15N7O5/c1-29-13-7-9(6-12(15(13)25)24(27)28)8-20-22-16(18)14-17(19)23(26)11-5-3-2-4-10(11)21-14/h2-8,19,25-26H,1H3,(H2,18,22)/b19-17?,20-8-. The highest BCUT2D eigenvalue weighted by molar-refractivity contribution is 5.97. The molecule has 5 N–H and O–H groups in total. The lowest BCUT2D eigenvalue weighted by Gasteiger charge is -2.07. The summed E-state index contributed by atoms with van der Waals surface area (Å²) in [6.07, 6.45) is 1.15. The Morgan fingerprint density at radius 1 is 1.41 bits per heavy atom. The molecule has 1 aromatic heterocycles. The van der Waals surface area contributed by atoms with Crippen LogP contribution in [0.3, 0.4) is 0 Å². The second-order valence-corrected chi connectivity index (χ2v) is 5.69. The number of nitrogens with one attached hydrogen (secondary N) is 1. The first-order valence-corrected chi connectivity index (χ1v) is 8.01. The van der Waals surface area contributed by atoms with Crippen LogP contribution >= 0.6 is 0 Å². The molecule has 29 heavy (non-hydrogen) atoms. The summed E-state index contributed by atoms with van der Waals surface area (Å²) in [4.78, 5) is 14.5. The van der Waals surface area contributed by atoms with Crippen LogP contribution in [0.1, 0.15) is 11.3 Å². The molecule has 2 aromatic carbocycles. The summed E-state index contributed by atoms with van der Waals surface area (Å²) < 4.78 is 5.52. The van der Waals surface area contributed by atoms with Gasteiger partial charge in [0.2, 0.25) is 5.75 Å². The number of aromatic nitrogens is 2. The third-order valence-electron chi connectivity index (χ3n) is 3.89. The van der Waals surface area contributed by atoms with Gasteiger partial charge in [0.25, 0.3) is 0 Å². The second kappa shape index (κ2) is 7.64. The third-order valence-corrected chi connectivity index (χ3v) is 3.89. The summed E-state index contributed by atoms with van der Waals surface area (Å²) >= 11 is 0. The number of benzene rings is 2. The minimum absolute atomic E-state index is 0.0994. The van der Waals surface area contributed by atoms with Crippen molar-refractivity contribution in [2.24, 2.45) is 15.9 Å².